The number of amides is 1. The lowest BCUT2D eigenvalue weighted by molar-refractivity contribution is -0.132. The molecule has 1 amide bonds. The summed E-state index contributed by atoms with van der Waals surface area (Å²) < 4.78 is 1.79. The molecule has 0 unspecified atom stereocenters. The predicted octanol–water partition coefficient (Wildman–Crippen LogP) is 3.76. The molecule has 0 aliphatic carbocycles. The fourth-order valence-corrected chi connectivity index (χ4v) is 2.42. The second-order valence-corrected chi connectivity index (χ2v) is 5.67. The number of rotatable bonds is 5. The summed E-state index contributed by atoms with van der Waals surface area (Å²) in [7, 11) is 0. The summed E-state index contributed by atoms with van der Waals surface area (Å²) in [6, 6.07) is 17.2. The van der Waals surface area contributed by atoms with E-state index in [1.165, 1.54) is 6.92 Å². The first-order valence-electron chi connectivity index (χ1n) is 7.42. The minimum atomic E-state index is -0.251. The molecule has 0 fully saturated rings. The molecule has 24 heavy (non-hydrogen) atoms. The zero-order valence-electron chi connectivity index (χ0n) is 13.1. The first kappa shape index (κ1) is 16.2. The van der Waals surface area contributed by atoms with Crippen molar-refractivity contribution in [1.29, 1.82) is 0 Å². The molecule has 0 saturated carbocycles. The Kier molecular flexibility index (Phi) is 4.93. The number of hydrogen-bond donors (Lipinski definition) is 1. The SMILES string of the molecule is CC(=O)NOCc1cn(-c2ccccc2)nc1-c1ccc(Cl)cc1. The Labute approximate surface area is 144 Å². The van der Waals surface area contributed by atoms with Gasteiger partial charge in [-0.15, -0.1) is 0 Å². The van der Waals surface area contributed by atoms with Gasteiger partial charge in [-0.2, -0.15) is 5.10 Å². The number of aromatic nitrogens is 2. The summed E-state index contributed by atoms with van der Waals surface area (Å²) in [4.78, 5) is 16.2. The number of hydroxylamine groups is 1. The highest BCUT2D eigenvalue weighted by Gasteiger charge is 2.13. The van der Waals surface area contributed by atoms with Gasteiger partial charge in [0.1, 0.15) is 6.61 Å². The van der Waals surface area contributed by atoms with Gasteiger partial charge >= 0.3 is 0 Å². The summed E-state index contributed by atoms with van der Waals surface area (Å²) in [5.41, 5.74) is 5.84. The molecule has 0 aliphatic heterocycles. The van der Waals surface area contributed by atoms with Crippen LogP contribution in [0.5, 0.6) is 0 Å². The molecule has 3 rings (SSSR count). The highest BCUT2D eigenvalue weighted by molar-refractivity contribution is 6.30. The van der Waals surface area contributed by atoms with Gasteiger partial charge in [0.25, 0.3) is 0 Å². The van der Waals surface area contributed by atoms with E-state index in [1.54, 1.807) is 4.68 Å². The molecular formula is C18H16ClN3O2. The van der Waals surface area contributed by atoms with Crippen LogP contribution in [0.15, 0.2) is 60.8 Å². The maximum atomic E-state index is 11.0. The van der Waals surface area contributed by atoms with Gasteiger partial charge in [-0.05, 0) is 24.3 Å². The van der Waals surface area contributed by atoms with Crippen LogP contribution in [0.4, 0.5) is 0 Å². The molecule has 0 spiro atoms. The lowest BCUT2D eigenvalue weighted by Gasteiger charge is -2.04. The molecule has 0 aliphatic rings. The number of para-hydroxylation sites is 1. The van der Waals surface area contributed by atoms with E-state index in [9.17, 15) is 4.79 Å². The highest BCUT2D eigenvalue weighted by Crippen LogP contribution is 2.25. The third-order valence-electron chi connectivity index (χ3n) is 3.37. The van der Waals surface area contributed by atoms with Crippen molar-refractivity contribution in [3.8, 4) is 16.9 Å². The van der Waals surface area contributed by atoms with Crippen molar-refractivity contribution in [3.05, 3.63) is 71.4 Å². The fraction of sp³-hybridized carbons (Fsp3) is 0.111. The number of hydrogen-bond acceptors (Lipinski definition) is 3. The monoisotopic (exact) mass is 341 g/mol. The van der Waals surface area contributed by atoms with Crippen LogP contribution in [0.2, 0.25) is 5.02 Å². The second-order valence-electron chi connectivity index (χ2n) is 5.24. The van der Waals surface area contributed by atoms with Crippen LogP contribution in [0, 0.1) is 0 Å². The quantitative estimate of drug-likeness (QED) is 0.719. The molecule has 3 aromatic rings. The van der Waals surface area contributed by atoms with Crippen molar-refractivity contribution >= 4 is 17.5 Å². The summed E-state index contributed by atoms with van der Waals surface area (Å²) in [6.45, 7) is 1.61. The number of nitrogens with zero attached hydrogens (tertiary/aromatic N) is 2. The zero-order valence-corrected chi connectivity index (χ0v) is 13.8. The Hall–Kier alpha value is -2.63. The first-order chi connectivity index (χ1) is 11.6. The molecular weight excluding hydrogens is 326 g/mol. The average molecular weight is 342 g/mol. The maximum absolute atomic E-state index is 11.0. The normalized spacial score (nSPS) is 10.6. The maximum Gasteiger partial charge on any atom is 0.240 e. The average Bonchev–Trinajstić information content (AvgIpc) is 3.00. The van der Waals surface area contributed by atoms with E-state index in [4.69, 9.17) is 16.4 Å². The third-order valence-corrected chi connectivity index (χ3v) is 3.62. The Bertz CT molecular complexity index is 829. The number of benzene rings is 2. The number of halogens is 1. The van der Waals surface area contributed by atoms with E-state index in [0.29, 0.717) is 5.02 Å². The van der Waals surface area contributed by atoms with E-state index in [1.807, 2.05) is 60.8 Å². The van der Waals surface area contributed by atoms with Crippen LogP contribution in [0.1, 0.15) is 12.5 Å². The second kappa shape index (κ2) is 7.29. The minimum absolute atomic E-state index is 0.213. The van der Waals surface area contributed by atoms with Gasteiger partial charge in [0.05, 0.1) is 11.4 Å². The van der Waals surface area contributed by atoms with Crippen molar-refractivity contribution < 1.29 is 9.63 Å². The Morgan fingerprint density at radius 1 is 1.17 bits per heavy atom. The van der Waals surface area contributed by atoms with Crippen LogP contribution >= 0.6 is 11.6 Å². The van der Waals surface area contributed by atoms with Gasteiger partial charge in [0.15, 0.2) is 0 Å². The van der Waals surface area contributed by atoms with Crippen LogP contribution < -0.4 is 5.48 Å². The molecule has 1 aromatic heterocycles. The third kappa shape index (κ3) is 3.82. The van der Waals surface area contributed by atoms with Gasteiger partial charge in [-0.25, -0.2) is 10.2 Å². The van der Waals surface area contributed by atoms with E-state index in [0.717, 1.165) is 22.5 Å². The molecule has 6 heteroatoms. The van der Waals surface area contributed by atoms with Crippen LogP contribution in [0.3, 0.4) is 0 Å². The van der Waals surface area contributed by atoms with Crippen molar-refractivity contribution in [1.82, 2.24) is 15.3 Å². The van der Waals surface area contributed by atoms with Gasteiger partial charge in [-0.3, -0.25) is 9.63 Å². The van der Waals surface area contributed by atoms with Gasteiger partial charge < -0.3 is 0 Å². The lowest BCUT2D eigenvalue weighted by atomic mass is 10.1. The van der Waals surface area contributed by atoms with Gasteiger partial charge in [0, 0.05) is 29.3 Å². The van der Waals surface area contributed by atoms with E-state index in [-0.39, 0.29) is 12.5 Å². The molecule has 0 bridgehead atoms. The fourth-order valence-electron chi connectivity index (χ4n) is 2.29. The van der Waals surface area contributed by atoms with E-state index >= 15 is 0 Å². The number of carbonyl (C=O) groups excluding carboxylic acids is 1. The molecule has 5 nitrogen and oxygen atoms in total. The zero-order chi connectivity index (χ0) is 16.9. The summed E-state index contributed by atoms with van der Waals surface area (Å²) in [6.07, 6.45) is 1.89. The number of carbonyl (C=O) groups is 1. The molecule has 2 aromatic carbocycles. The molecule has 1 heterocycles. The van der Waals surface area contributed by atoms with Crippen LogP contribution in [0.25, 0.3) is 16.9 Å². The Morgan fingerprint density at radius 2 is 1.88 bits per heavy atom. The molecule has 1 N–H and O–H groups in total. The van der Waals surface area contributed by atoms with E-state index < -0.39 is 0 Å². The smallest absolute Gasteiger partial charge is 0.240 e. The predicted molar refractivity (Wildman–Crippen MR) is 92.6 cm³/mol. The molecule has 0 saturated heterocycles. The minimum Gasteiger partial charge on any atom is -0.273 e. The topological polar surface area (TPSA) is 56.1 Å². The van der Waals surface area contributed by atoms with Crippen molar-refractivity contribution in [2.24, 2.45) is 0 Å². The molecule has 0 radical (unpaired) electrons. The summed E-state index contributed by atoms with van der Waals surface area (Å²) in [5, 5.41) is 5.32. The van der Waals surface area contributed by atoms with Crippen molar-refractivity contribution in [2.45, 2.75) is 13.5 Å². The van der Waals surface area contributed by atoms with Gasteiger partial charge in [-0.1, -0.05) is 41.9 Å². The number of nitrogens with one attached hydrogen (secondary N) is 1. The van der Waals surface area contributed by atoms with Crippen molar-refractivity contribution in [3.63, 3.8) is 0 Å². The Balaban J connectivity index is 1.96. The van der Waals surface area contributed by atoms with Crippen molar-refractivity contribution in [2.75, 3.05) is 0 Å². The summed E-state index contributed by atoms with van der Waals surface area (Å²) in [5.74, 6) is -0.251. The first-order valence-corrected chi connectivity index (χ1v) is 7.79. The Morgan fingerprint density at radius 3 is 2.54 bits per heavy atom. The summed E-state index contributed by atoms with van der Waals surface area (Å²) >= 11 is 5.96. The van der Waals surface area contributed by atoms with Crippen LogP contribution in [-0.2, 0) is 16.2 Å². The lowest BCUT2D eigenvalue weighted by Crippen LogP contribution is -2.19. The van der Waals surface area contributed by atoms with Gasteiger partial charge in [0.2, 0.25) is 5.91 Å². The molecule has 0 atom stereocenters. The molecule has 122 valence electrons. The highest BCUT2D eigenvalue weighted by atomic mass is 35.5. The van der Waals surface area contributed by atoms with Crippen LogP contribution in [-0.4, -0.2) is 15.7 Å². The largest absolute Gasteiger partial charge is 0.273 e. The van der Waals surface area contributed by atoms with E-state index in [2.05, 4.69) is 10.6 Å². The standard InChI is InChI=1S/C18H16ClN3O2/c1-13(23)21-24-12-15-11-22(17-5-3-2-4-6-17)20-18(15)14-7-9-16(19)10-8-14/h2-11H,12H2,1H3,(H,21,23).